The second-order valence-corrected chi connectivity index (χ2v) is 6.34. The molecular weight excluding hydrogens is 318 g/mol. The largest absolute Gasteiger partial charge is 0.484 e. The van der Waals surface area contributed by atoms with Crippen LogP contribution in [0.2, 0.25) is 0 Å². The third kappa shape index (κ3) is 5.64. The van der Waals surface area contributed by atoms with Crippen molar-refractivity contribution in [1.29, 1.82) is 5.26 Å². The van der Waals surface area contributed by atoms with Gasteiger partial charge in [-0.2, -0.15) is 5.26 Å². The van der Waals surface area contributed by atoms with Gasteiger partial charge in [-0.25, -0.2) is 0 Å². The number of primary amides is 1. The summed E-state index contributed by atoms with van der Waals surface area (Å²) in [5.74, 6) is 0.0360. The smallest absolute Gasteiger partial charge is 0.262 e. The fourth-order valence-corrected chi connectivity index (χ4v) is 2.91. The zero-order chi connectivity index (χ0) is 18.2. The average molecular weight is 341 g/mol. The van der Waals surface area contributed by atoms with Gasteiger partial charge in [0.2, 0.25) is 0 Å². The van der Waals surface area contributed by atoms with E-state index in [-0.39, 0.29) is 24.1 Å². The highest BCUT2D eigenvalue weighted by Gasteiger charge is 2.23. The average Bonchev–Trinajstić information content (AvgIpc) is 2.60. The molecule has 0 saturated heterocycles. The number of nitriles is 1. The van der Waals surface area contributed by atoms with Crippen LogP contribution < -0.4 is 15.8 Å². The van der Waals surface area contributed by atoms with Crippen molar-refractivity contribution in [2.24, 2.45) is 11.7 Å². The summed E-state index contributed by atoms with van der Waals surface area (Å²) in [6, 6.07) is 8.83. The number of carbonyl (C=O) groups excluding carboxylic acids is 2. The lowest BCUT2D eigenvalue weighted by Crippen LogP contribution is -2.41. The molecule has 0 aliphatic heterocycles. The summed E-state index contributed by atoms with van der Waals surface area (Å²) in [6.45, 7) is 1.94. The van der Waals surface area contributed by atoms with Crippen LogP contribution in [0.5, 0.6) is 5.75 Å². The van der Waals surface area contributed by atoms with E-state index in [0.717, 1.165) is 19.3 Å². The maximum absolute atomic E-state index is 12.4. The van der Waals surface area contributed by atoms with Crippen LogP contribution in [0.1, 0.15) is 38.2 Å². The Morgan fingerprint density at radius 2 is 2.00 bits per heavy atom. The topological polar surface area (TPSA) is 105 Å². The Balaban J connectivity index is 2.02. The van der Waals surface area contributed by atoms with Gasteiger partial charge in [-0.15, -0.1) is 0 Å². The Morgan fingerprint density at radius 1 is 1.32 bits per heavy atom. The first-order valence-electron chi connectivity index (χ1n) is 8.43. The summed E-state index contributed by atoms with van der Waals surface area (Å²) < 4.78 is 5.17. The molecule has 25 heavy (non-hydrogen) atoms. The molecule has 2 atom stereocenters. The SMILES string of the molecule is C[C@H]1CCCC[C@H]1NC(=O)/C(C#N)=C/c1ccc(OCC(N)=O)cc1. The van der Waals surface area contributed by atoms with Gasteiger partial charge in [0.05, 0.1) is 0 Å². The molecule has 0 aromatic heterocycles. The zero-order valence-electron chi connectivity index (χ0n) is 14.3. The van der Waals surface area contributed by atoms with Crippen molar-refractivity contribution >= 4 is 17.9 Å². The van der Waals surface area contributed by atoms with Crippen LogP contribution in [0.15, 0.2) is 29.8 Å². The van der Waals surface area contributed by atoms with Crippen molar-refractivity contribution in [2.75, 3.05) is 6.61 Å². The number of carbonyl (C=O) groups is 2. The summed E-state index contributed by atoms with van der Waals surface area (Å²) in [7, 11) is 0. The third-order valence-electron chi connectivity index (χ3n) is 4.37. The summed E-state index contributed by atoms with van der Waals surface area (Å²) in [5.41, 5.74) is 5.80. The van der Waals surface area contributed by atoms with Crippen LogP contribution in [0.4, 0.5) is 0 Å². The van der Waals surface area contributed by atoms with Gasteiger partial charge >= 0.3 is 0 Å². The van der Waals surface area contributed by atoms with Gasteiger partial charge in [0.15, 0.2) is 6.61 Å². The summed E-state index contributed by atoms with van der Waals surface area (Å²) in [5, 5.41) is 12.3. The van der Waals surface area contributed by atoms with E-state index >= 15 is 0 Å². The molecule has 0 bridgehead atoms. The quantitative estimate of drug-likeness (QED) is 0.611. The van der Waals surface area contributed by atoms with Crippen LogP contribution in [-0.4, -0.2) is 24.5 Å². The van der Waals surface area contributed by atoms with Crippen LogP contribution in [0.25, 0.3) is 6.08 Å². The number of ether oxygens (including phenoxy) is 1. The molecule has 0 radical (unpaired) electrons. The fraction of sp³-hybridized carbons (Fsp3) is 0.421. The second kappa shape index (κ2) is 8.88. The number of amides is 2. The van der Waals surface area contributed by atoms with Gasteiger partial charge in [0, 0.05) is 6.04 Å². The standard InChI is InChI=1S/C19H23N3O3/c1-13-4-2-3-5-17(13)22-19(24)15(11-20)10-14-6-8-16(9-7-14)25-12-18(21)23/h6-10,13,17H,2-5,12H2,1H3,(H2,21,23)(H,22,24)/b15-10+/t13-,17+/m0/s1. The molecule has 0 unspecified atom stereocenters. The molecule has 132 valence electrons. The fourth-order valence-electron chi connectivity index (χ4n) is 2.91. The first kappa shape index (κ1) is 18.5. The number of rotatable bonds is 6. The molecule has 1 fully saturated rings. The number of nitrogens with two attached hydrogens (primary N) is 1. The van der Waals surface area contributed by atoms with E-state index in [9.17, 15) is 14.9 Å². The van der Waals surface area contributed by atoms with Crippen molar-refractivity contribution < 1.29 is 14.3 Å². The Hall–Kier alpha value is -2.81. The Morgan fingerprint density at radius 3 is 2.60 bits per heavy atom. The highest BCUT2D eigenvalue weighted by molar-refractivity contribution is 6.01. The van der Waals surface area contributed by atoms with Crippen LogP contribution >= 0.6 is 0 Å². The molecule has 1 aromatic carbocycles. The molecule has 1 saturated carbocycles. The number of hydrogen-bond acceptors (Lipinski definition) is 4. The van der Waals surface area contributed by atoms with E-state index in [2.05, 4.69) is 12.2 Å². The predicted octanol–water partition coefficient (Wildman–Crippen LogP) is 2.15. The van der Waals surface area contributed by atoms with Crippen LogP contribution in [0, 0.1) is 17.2 Å². The molecule has 1 aliphatic rings. The van der Waals surface area contributed by atoms with E-state index < -0.39 is 5.91 Å². The van der Waals surface area contributed by atoms with Gasteiger partial charge in [0.25, 0.3) is 11.8 Å². The van der Waals surface area contributed by atoms with Gasteiger partial charge in [-0.1, -0.05) is 31.9 Å². The van der Waals surface area contributed by atoms with Gasteiger partial charge in [-0.3, -0.25) is 9.59 Å². The first-order chi connectivity index (χ1) is 12.0. The molecule has 6 heteroatoms. The lowest BCUT2D eigenvalue weighted by molar-refractivity contribution is -0.120. The molecule has 2 amide bonds. The number of benzene rings is 1. The van der Waals surface area contributed by atoms with Crippen molar-refractivity contribution in [1.82, 2.24) is 5.32 Å². The lowest BCUT2D eigenvalue weighted by Gasteiger charge is -2.29. The van der Waals surface area contributed by atoms with Crippen molar-refractivity contribution in [3.63, 3.8) is 0 Å². The maximum atomic E-state index is 12.4. The summed E-state index contributed by atoms with van der Waals surface area (Å²) in [4.78, 5) is 23.1. The maximum Gasteiger partial charge on any atom is 0.262 e. The highest BCUT2D eigenvalue weighted by atomic mass is 16.5. The Bertz CT molecular complexity index is 689. The van der Waals surface area contributed by atoms with Crippen molar-refractivity contribution in [3.05, 3.63) is 35.4 Å². The molecule has 6 nitrogen and oxygen atoms in total. The van der Waals surface area contributed by atoms with Crippen molar-refractivity contribution in [3.8, 4) is 11.8 Å². The first-order valence-corrected chi connectivity index (χ1v) is 8.43. The minimum absolute atomic E-state index is 0.0728. The van der Waals surface area contributed by atoms with E-state index in [1.165, 1.54) is 6.42 Å². The molecule has 0 spiro atoms. The van der Waals surface area contributed by atoms with E-state index in [1.807, 2.05) is 6.07 Å². The zero-order valence-corrected chi connectivity index (χ0v) is 14.3. The molecule has 2 rings (SSSR count). The van der Waals surface area contributed by atoms with Crippen LogP contribution in [0.3, 0.4) is 0 Å². The third-order valence-corrected chi connectivity index (χ3v) is 4.37. The van der Waals surface area contributed by atoms with E-state index in [0.29, 0.717) is 17.2 Å². The Labute approximate surface area is 147 Å². The predicted molar refractivity (Wildman–Crippen MR) is 94.3 cm³/mol. The summed E-state index contributed by atoms with van der Waals surface area (Å²) in [6.07, 6.45) is 5.90. The van der Waals surface area contributed by atoms with E-state index in [4.69, 9.17) is 10.5 Å². The molecule has 3 N–H and O–H groups in total. The highest BCUT2D eigenvalue weighted by Crippen LogP contribution is 2.24. The monoisotopic (exact) mass is 341 g/mol. The minimum atomic E-state index is -0.552. The Kier molecular flexibility index (Phi) is 6.58. The number of hydrogen-bond donors (Lipinski definition) is 2. The number of nitrogens with one attached hydrogen (secondary N) is 1. The van der Waals surface area contributed by atoms with Gasteiger partial charge < -0.3 is 15.8 Å². The number of nitrogens with zero attached hydrogens (tertiary/aromatic N) is 1. The van der Waals surface area contributed by atoms with E-state index in [1.54, 1.807) is 30.3 Å². The van der Waals surface area contributed by atoms with Gasteiger partial charge in [0.1, 0.15) is 17.4 Å². The van der Waals surface area contributed by atoms with Gasteiger partial charge in [-0.05, 0) is 42.5 Å². The summed E-state index contributed by atoms with van der Waals surface area (Å²) >= 11 is 0. The van der Waals surface area contributed by atoms with Crippen molar-refractivity contribution in [2.45, 2.75) is 38.6 Å². The molecule has 1 aromatic rings. The molecule has 0 heterocycles. The minimum Gasteiger partial charge on any atom is -0.484 e. The second-order valence-electron chi connectivity index (χ2n) is 6.34. The molecule has 1 aliphatic carbocycles. The normalized spacial score (nSPS) is 20.4. The van der Waals surface area contributed by atoms with Crippen LogP contribution in [-0.2, 0) is 9.59 Å². The lowest BCUT2D eigenvalue weighted by atomic mass is 9.86. The molecular formula is C19H23N3O3.